The van der Waals surface area contributed by atoms with E-state index in [1.165, 1.54) is 11.9 Å². The quantitative estimate of drug-likeness (QED) is 0.721. The SMILES string of the molecule is CC(C)C.NSc1ccc(Cl)cc1. The second-order valence-corrected chi connectivity index (χ2v) is 4.45. The van der Waals surface area contributed by atoms with Gasteiger partial charge in [0, 0.05) is 9.92 Å². The van der Waals surface area contributed by atoms with Crippen molar-refractivity contribution < 1.29 is 0 Å². The lowest BCUT2D eigenvalue weighted by atomic mass is 10.3. The maximum Gasteiger partial charge on any atom is 0.0406 e. The molecule has 2 N–H and O–H groups in total. The Kier molecular flexibility index (Phi) is 7.14. The largest absolute Gasteiger partial charge is 0.274 e. The minimum absolute atomic E-state index is 0.743. The van der Waals surface area contributed by atoms with Gasteiger partial charge in [-0.2, -0.15) is 0 Å². The molecule has 0 fully saturated rings. The molecule has 0 spiro atoms. The summed E-state index contributed by atoms with van der Waals surface area (Å²) >= 11 is 6.84. The van der Waals surface area contributed by atoms with E-state index in [0.717, 1.165) is 15.8 Å². The van der Waals surface area contributed by atoms with E-state index in [2.05, 4.69) is 20.8 Å². The predicted molar refractivity (Wildman–Crippen MR) is 62.0 cm³/mol. The number of rotatable bonds is 1. The highest BCUT2D eigenvalue weighted by molar-refractivity contribution is 7.97. The van der Waals surface area contributed by atoms with Gasteiger partial charge in [0.2, 0.25) is 0 Å². The zero-order valence-corrected chi connectivity index (χ0v) is 9.82. The summed E-state index contributed by atoms with van der Waals surface area (Å²) < 4.78 is 0. The highest BCUT2D eigenvalue weighted by atomic mass is 35.5. The molecule has 0 atom stereocenters. The van der Waals surface area contributed by atoms with Gasteiger partial charge in [-0.25, -0.2) is 0 Å². The lowest BCUT2D eigenvalue weighted by Crippen LogP contribution is -1.76. The van der Waals surface area contributed by atoms with Gasteiger partial charge in [0.15, 0.2) is 0 Å². The zero-order chi connectivity index (χ0) is 10.3. The fourth-order valence-electron chi connectivity index (χ4n) is 0.513. The Morgan fingerprint density at radius 3 is 1.85 bits per heavy atom. The van der Waals surface area contributed by atoms with Crippen LogP contribution in [0.1, 0.15) is 20.8 Å². The Bertz CT molecular complexity index is 218. The van der Waals surface area contributed by atoms with E-state index in [4.69, 9.17) is 16.7 Å². The first kappa shape index (κ1) is 12.8. The van der Waals surface area contributed by atoms with Crippen molar-refractivity contribution in [2.75, 3.05) is 0 Å². The number of benzene rings is 1. The molecule has 74 valence electrons. The average Bonchev–Trinajstić information content (AvgIpc) is 2.05. The van der Waals surface area contributed by atoms with E-state index < -0.39 is 0 Å². The molecule has 0 aliphatic rings. The summed E-state index contributed by atoms with van der Waals surface area (Å²) in [5.41, 5.74) is 0. The van der Waals surface area contributed by atoms with Crippen LogP contribution in [0.25, 0.3) is 0 Å². The van der Waals surface area contributed by atoms with Crippen molar-refractivity contribution in [3.05, 3.63) is 29.3 Å². The topological polar surface area (TPSA) is 26.0 Å². The number of hydrogen-bond acceptors (Lipinski definition) is 2. The van der Waals surface area contributed by atoms with Crippen molar-refractivity contribution in [1.82, 2.24) is 0 Å². The maximum absolute atomic E-state index is 5.62. The molecule has 0 saturated heterocycles. The molecule has 0 heterocycles. The molecule has 13 heavy (non-hydrogen) atoms. The Labute approximate surface area is 89.8 Å². The Balaban J connectivity index is 0.000000310. The van der Waals surface area contributed by atoms with E-state index >= 15 is 0 Å². The van der Waals surface area contributed by atoms with Gasteiger partial charge < -0.3 is 0 Å². The zero-order valence-electron chi connectivity index (χ0n) is 8.25. The van der Waals surface area contributed by atoms with Crippen molar-refractivity contribution in [3.63, 3.8) is 0 Å². The highest BCUT2D eigenvalue weighted by Gasteiger charge is 1.87. The Morgan fingerprint density at radius 1 is 1.15 bits per heavy atom. The van der Waals surface area contributed by atoms with Crippen LogP contribution in [0.4, 0.5) is 0 Å². The molecule has 3 heteroatoms. The lowest BCUT2D eigenvalue weighted by molar-refractivity contribution is 0.737. The molecule has 1 aromatic carbocycles. The predicted octanol–water partition coefficient (Wildman–Crippen LogP) is 3.97. The first-order valence-electron chi connectivity index (χ1n) is 4.18. The summed E-state index contributed by atoms with van der Waals surface area (Å²) in [6.45, 7) is 6.50. The van der Waals surface area contributed by atoms with Crippen LogP contribution in [0.15, 0.2) is 29.2 Å². The summed E-state index contributed by atoms with van der Waals surface area (Å²) in [5, 5.41) is 6.02. The van der Waals surface area contributed by atoms with Gasteiger partial charge in [-0.3, -0.25) is 5.14 Å². The molecular weight excluding hydrogens is 202 g/mol. The molecule has 0 aromatic heterocycles. The molecular formula is C10H16ClNS. The van der Waals surface area contributed by atoms with Crippen LogP contribution in [0.5, 0.6) is 0 Å². The summed E-state index contributed by atoms with van der Waals surface area (Å²) in [5.74, 6) is 0.833. The molecule has 0 radical (unpaired) electrons. The minimum Gasteiger partial charge on any atom is -0.274 e. The summed E-state index contributed by atoms with van der Waals surface area (Å²) in [6.07, 6.45) is 0. The van der Waals surface area contributed by atoms with Gasteiger partial charge in [-0.1, -0.05) is 32.4 Å². The van der Waals surface area contributed by atoms with Gasteiger partial charge in [0.25, 0.3) is 0 Å². The number of nitrogens with two attached hydrogens (primary N) is 1. The summed E-state index contributed by atoms with van der Waals surface area (Å²) in [6, 6.07) is 7.40. The number of hydrogen-bond donors (Lipinski definition) is 1. The molecule has 1 nitrogen and oxygen atoms in total. The molecule has 0 saturated carbocycles. The van der Waals surface area contributed by atoms with Gasteiger partial charge >= 0.3 is 0 Å². The van der Waals surface area contributed by atoms with Gasteiger partial charge in [-0.05, 0) is 42.1 Å². The van der Waals surface area contributed by atoms with Crippen LogP contribution < -0.4 is 5.14 Å². The van der Waals surface area contributed by atoms with E-state index in [1.54, 1.807) is 0 Å². The van der Waals surface area contributed by atoms with Gasteiger partial charge in [0.05, 0.1) is 0 Å². The summed E-state index contributed by atoms with van der Waals surface area (Å²) in [7, 11) is 0. The highest BCUT2D eigenvalue weighted by Crippen LogP contribution is 2.14. The molecule has 0 aliphatic heterocycles. The molecule has 0 aliphatic carbocycles. The monoisotopic (exact) mass is 217 g/mol. The second-order valence-electron chi connectivity index (χ2n) is 3.30. The van der Waals surface area contributed by atoms with Crippen molar-refractivity contribution in [1.29, 1.82) is 0 Å². The van der Waals surface area contributed by atoms with E-state index in [-0.39, 0.29) is 0 Å². The van der Waals surface area contributed by atoms with Crippen LogP contribution in [0.2, 0.25) is 5.02 Å². The maximum atomic E-state index is 5.62. The van der Waals surface area contributed by atoms with Crippen LogP contribution in [-0.2, 0) is 0 Å². The van der Waals surface area contributed by atoms with Crippen molar-refractivity contribution >= 4 is 23.5 Å². The average molecular weight is 218 g/mol. The molecule has 0 bridgehead atoms. The standard InChI is InChI=1S/C6H6ClNS.C4H10/c7-5-1-3-6(9-8)4-2-5;1-4(2)3/h1-4H,8H2;4H,1-3H3. The van der Waals surface area contributed by atoms with Crippen LogP contribution in [0, 0.1) is 5.92 Å². The Morgan fingerprint density at radius 2 is 1.54 bits per heavy atom. The third-order valence-electron chi connectivity index (χ3n) is 0.950. The first-order valence-corrected chi connectivity index (χ1v) is 5.44. The second kappa shape index (κ2) is 7.25. The molecule has 0 amide bonds. The van der Waals surface area contributed by atoms with E-state index in [0.29, 0.717) is 0 Å². The Hall–Kier alpha value is -0.180. The summed E-state index contributed by atoms with van der Waals surface area (Å²) in [4.78, 5) is 1.03. The molecule has 1 rings (SSSR count). The molecule has 1 aromatic rings. The lowest BCUT2D eigenvalue weighted by Gasteiger charge is -1.92. The van der Waals surface area contributed by atoms with Crippen molar-refractivity contribution in [2.45, 2.75) is 25.7 Å². The minimum atomic E-state index is 0.743. The van der Waals surface area contributed by atoms with Crippen LogP contribution in [-0.4, -0.2) is 0 Å². The fraction of sp³-hybridized carbons (Fsp3) is 0.400. The first-order chi connectivity index (χ1) is 6.06. The van der Waals surface area contributed by atoms with E-state index in [9.17, 15) is 0 Å². The van der Waals surface area contributed by atoms with Crippen LogP contribution >= 0.6 is 23.5 Å². The van der Waals surface area contributed by atoms with Gasteiger partial charge in [-0.15, -0.1) is 0 Å². The van der Waals surface area contributed by atoms with Crippen molar-refractivity contribution in [3.8, 4) is 0 Å². The van der Waals surface area contributed by atoms with E-state index in [1.807, 2.05) is 24.3 Å². The fourth-order valence-corrected chi connectivity index (χ4v) is 0.932. The third kappa shape index (κ3) is 8.16. The molecule has 0 unspecified atom stereocenters. The third-order valence-corrected chi connectivity index (χ3v) is 1.75. The van der Waals surface area contributed by atoms with Gasteiger partial charge in [0.1, 0.15) is 0 Å². The normalized spacial score (nSPS) is 9.38. The van der Waals surface area contributed by atoms with Crippen LogP contribution in [0.3, 0.4) is 0 Å². The number of halogens is 1. The van der Waals surface area contributed by atoms with Crippen molar-refractivity contribution in [2.24, 2.45) is 11.1 Å². The smallest absolute Gasteiger partial charge is 0.0406 e.